The summed E-state index contributed by atoms with van der Waals surface area (Å²) >= 11 is 0. The molecule has 9 rings (SSSR count). The fraction of sp³-hybridized carbons (Fsp3) is 0.448. The number of aryl methyl sites for hydroxylation is 1. The number of aromatic hydroxyl groups is 2. The van der Waals surface area contributed by atoms with Gasteiger partial charge in [-0.1, -0.05) is 72.8 Å². The van der Waals surface area contributed by atoms with Crippen molar-refractivity contribution in [3.8, 4) is 11.5 Å². The monoisotopic (exact) mass is 1690 g/mol. The van der Waals surface area contributed by atoms with Crippen LogP contribution in [0.25, 0.3) is 21.8 Å². The van der Waals surface area contributed by atoms with Crippen LogP contribution in [-0.2, 0) is 99.2 Å². The predicted octanol–water partition coefficient (Wildman–Crippen LogP) is 2.05. The largest absolute Gasteiger partial charge is 0.508 e. The summed E-state index contributed by atoms with van der Waals surface area (Å²) in [6.07, 6.45) is 2.58. The molecule has 1 saturated heterocycles. The molecule has 13 amide bonds. The lowest BCUT2D eigenvalue weighted by Gasteiger charge is -2.36. The van der Waals surface area contributed by atoms with E-state index in [-0.39, 0.29) is 114 Å². The number of carboxylic acids is 1. The summed E-state index contributed by atoms with van der Waals surface area (Å²) in [5, 5.41) is 68.0. The number of aliphatic carboxylic acids is 1. The summed E-state index contributed by atoms with van der Waals surface area (Å²) in [6.45, 7) is 1.01. The van der Waals surface area contributed by atoms with Crippen LogP contribution < -0.4 is 53.6 Å². The molecule has 0 bridgehead atoms. The molecule has 11 atom stereocenters. The average molecular weight is 1690 g/mol. The Balaban J connectivity index is 1.16. The number of nitrogens with two attached hydrogens (primary N) is 1. The molecule has 1 saturated carbocycles. The Labute approximate surface area is 705 Å². The van der Waals surface area contributed by atoms with E-state index in [0.29, 0.717) is 63.3 Å². The van der Waals surface area contributed by atoms with Crippen molar-refractivity contribution in [3.63, 3.8) is 0 Å². The second-order valence-electron chi connectivity index (χ2n) is 31.3. The van der Waals surface area contributed by atoms with Crippen molar-refractivity contribution in [3.05, 3.63) is 167 Å². The minimum Gasteiger partial charge on any atom is -0.508 e. The van der Waals surface area contributed by atoms with Crippen molar-refractivity contribution in [2.75, 3.05) is 54.4 Å². The van der Waals surface area contributed by atoms with Gasteiger partial charge in [0, 0.05) is 121 Å². The third-order valence-electron chi connectivity index (χ3n) is 22.3. The number of nitrogens with one attached hydrogen (secondary N) is 11. The van der Waals surface area contributed by atoms with Crippen LogP contribution in [0.3, 0.4) is 0 Å². The maximum atomic E-state index is 15.9. The molecular weight excluding hydrogens is 1580 g/mol. The number of carboxylic acid groups (broad SMARTS) is 1. The molecule has 5 aromatic carbocycles. The maximum absolute atomic E-state index is 15.9. The van der Waals surface area contributed by atoms with Gasteiger partial charge in [0.05, 0.1) is 6.61 Å². The standard InChI is InChI=1S/C87H111FN16O18/c1-50(106)90-40-15-13-23-71-81(115)98-68(44-57-47-92-64-37-36-60(109)45-62(57)64)79(113)97-69(43-56-46-91-63-20-11-10-19-61(56)63)80(114)100-76(55-30-31-55)86(120)104(6)74(85(119)103(5)73(42-54-25-32-58(88)33-26-54)82(116)95-66(87(121)122)21-12-14-39-89)48-93-75(110)24-16-22-65(94-51(2)107)77(111)96-67(41-53-27-34-59(108)35-28-53)78(112)99-70(49-105)83(117)102(4)72(84(118)101(71)3)38-29-52-17-8-7-9-18-52/h7-11,17-20,25-28,32-37,45-47,55,65-74,76,91-92,105,108-109H,12-16,21-24,29-31,38-44,48-49,89H2,1-6H3,(H,90,106)(H,93,110)(H,94,107)(H,95,116)(H,96,111)(H,97,113)(H,98,115)(H,99,112)(H,100,114)(H,121,122)/t65-,66-,67-,68-,69-,70-,71-,72-,73-,74-,76-/m0/s1. The molecule has 2 aromatic heterocycles. The van der Waals surface area contributed by atoms with Gasteiger partial charge in [0.2, 0.25) is 76.8 Å². The zero-order valence-electron chi connectivity index (χ0n) is 69.2. The maximum Gasteiger partial charge on any atom is 0.326 e. The van der Waals surface area contributed by atoms with Crippen LogP contribution >= 0.6 is 0 Å². The van der Waals surface area contributed by atoms with Gasteiger partial charge in [-0.2, -0.15) is 0 Å². The number of aliphatic hydroxyl groups excluding tert-OH is 1. The number of hydrogen-bond acceptors (Lipinski definition) is 18. The van der Waals surface area contributed by atoms with E-state index in [2.05, 4.69) is 57.8 Å². The van der Waals surface area contributed by atoms with Crippen molar-refractivity contribution in [1.29, 1.82) is 0 Å². The number of aromatic amines is 2. The number of benzene rings is 5. The lowest BCUT2D eigenvalue weighted by Crippen LogP contribution is -2.62. The number of halogens is 1. The molecule has 2 aliphatic rings. The number of para-hydroxylation sites is 1. The highest BCUT2D eigenvalue weighted by atomic mass is 19.1. The zero-order valence-corrected chi connectivity index (χ0v) is 69.2. The first-order chi connectivity index (χ1) is 58.3. The Hall–Kier alpha value is -12.8. The summed E-state index contributed by atoms with van der Waals surface area (Å²) in [5.41, 5.74) is 9.17. The number of likely N-dealkylation sites (N-methyl/N-ethyl adjacent to an activating group) is 4. The van der Waals surface area contributed by atoms with Crippen LogP contribution in [0.15, 0.2) is 134 Å². The molecule has 122 heavy (non-hydrogen) atoms. The molecule has 34 nitrogen and oxygen atoms in total. The van der Waals surface area contributed by atoms with Gasteiger partial charge in [0.15, 0.2) is 0 Å². The number of nitrogens with zero attached hydrogens (tertiary/aromatic N) is 4. The highest BCUT2D eigenvalue weighted by Crippen LogP contribution is 2.35. The van der Waals surface area contributed by atoms with Crippen molar-refractivity contribution >= 4 is 105 Å². The van der Waals surface area contributed by atoms with E-state index in [4.69, 9.17) is 5.73 Å². The molecule has 17 N–H and O–H groups in total. The van der Waals surface area contributed by atoms with Gasteiger partial charge >= 0.3 is 5.97 Å². The molecule has 0 unspecified atom stereocenters. The smallest absolute Gasteiger partial charge is 0.326 e. The quantitative estimate of drug-likeness (QED) is 0.0312. The van der Waals surface area contributed by atoms with E-state index in [1.54, 1.807) is 73.1 Å². The molecule has 2 fully saturated rings. The van der Waals surface area contributed by atoms with E-state index in [0.717, 1.165) is 44.2 Å². The SMILES string of the molecule is CC(=O)NCCCC[C@H]1C(=O)N[C@@H](Cc2c[nH]c3ccc(O)cc23)C(=O)N[C@@H](Cc2c[nH]c3ccccc23)C(=O)N[C@@H](C2CC2)C(=O)N(C)[C@H](C(=O)N(C)[C@@H](Cc2ccc(F)cc2)C(=O)N[C@@H](CCCCN)C(=O)O)CNC(=O)CCC[C@H](NC(C)=O)C(=O)N[C@@H](Cc2ccc(O)cc2)C(=O)N[C@@H](CO)C(=O)N(C)[C@@H](CCc2ccccc2)C(=O)N1C. The van der Waals surface area contributed by atoms with Crippen LogP contribution in [0.5, 0.6) is 11.5 Å². The van der Waals surface area contributed by atoms with Crippen LogP contribution in [0.4, 0.5) is 4.39 Å². The molecular formula is C87H111FN16O18. The molecule has 1 aliphatic heterocycles. The summed E-state index contributed by atoms with van der Waals surface area (Å²) < 4.78 is 14.5. The number of rotatable bonds is 28. The molecule has 35 heteroatoms. The van der Waals surface area contributed by atoms with Gasteiger partial charge in [0.25, 0.3) is 0 Å². The van der Waals surface area contributed by atoms with Gasteiger partial charge in [0.1, 0.15) is 83.8 Å². The number of phenols is 2. The van der Waals surface area contributed by atoms with E-state index in [9.17, 15) is 58.4 Å². The lowest BCUT2D eigenvalue weighted by molar-refractivity contribution is -0.150. The predicted molar refractivity (Wildman–Crippen MR) is 448 cm³/mol. The van der Waals surface area contributed by atoms with Gasteiger partial charge in [-0.3, -0.25) is 62.3 Å². The van der Waals surface area contributed by atoms with Gasteiger partial charge < -0.3 is 104 Å². The van der Waals surface area contributed by atoms with Crippen molar-refractivity contribution in [2.24, 2.45) is 11.7 Å². The van der Waals surface area contributed by atoms with E-state index in [1.807, 2.05) is 0 Å². The third-order valence-corrected chi connectivity index (χ3v) is 22.3. The van der Waals surface area contributed by atoms with Gasteiger partial charge in [-0.25, -0.2) is 9.18 Å². The van der Waals surface area contributed by atoms with Crippen LogP contribution in [0.2, 0.25) is 0 Å². The second-order valence-corrected chi connectivity index (χ2v) is 31.3. The van der Waals surface area contributed by atoms with Crippen LogP contribution in [0.1, 0.15) is 119 Å². The number of H-pyrrole nitrogens is 2. The van der Waals surface area contributed by atoms with Gasteiger partial charge in [-0.05, 0) is 166 Å². The van der Waals surface area contributed by atoms with E-state index < -0.39 is 175 Å². The topological polar surface area (TPSA) is 499 Å². The Kier molecular flexibility index (Phi) is 33.9. The summed E-state index contributed by atoms with van der Waals surface area (Å²) in [6, 6.07) is 13.3. The number of aromatic nitrogens is 2. The number of carbonyl (C=O) groups is 14. The van der Waals surface area contributed by atoms with Crippen LogP contribution in [-0.4, -0.2) is 254 Å². The molecule has 0 radical (unpaired) electrons. The van der Waals surface area contributed by atoms with E-state index >= 15 is 33.6 Å². The number of aliphatic hydroxyl groups is 1. The number of unbranched alkanes of at least 4 members (excludes halogenated alkanes) is 2. The minimum atomic E-state index is -1.85. The number of phenolic OH excluding ortho intramolecular Hbond substituents is 2. The lowest BCUT2D eigenvalue weighted by atomic mass is 9.99. The molecule has 3 heterocycles. The Morgan fingerprint density at radius 3 is 1.82 bits per heavy atom. The van der Waals surface area contributed by atoms with Crippen molar-refractivity contribution in [1.82, 2.24) is 77.4 Å². The fourth-order valence-electron chi connectivity index (χ4n) is 15.1. The Morgan fingerprint density at radius 2 is 1.18 bits per heavy atom. The fourth-order valence-corrected chi connectivity index (χ4v) is 15.1. The first kappa shape index (κ1) is 93.1. The number of fused-ring (bicyclic) bond motifs is 2. The highest BCUT2D eigenvalue weighted by molar-refractivity contribution is 6.01. The van der Waals surface area contributed by atoms with Crippen molar-refractivity contribution < 1.29 is 91.9 Å². The van der Waals surface area contributed by atoms with Gasteiger partial charge in [-0.15, -0.1) is 0 Å². The normalized spacial score (nSPS) is 21.2. The third kappa shape index (κ3) is 26.1. The summed E-state index contributed by atoms with van der Waals surface area (Å²) in [5.74, 6) is -14.4. The van der Waals surface area contributed by atoms with Crippen molar-refractivity contribution in [2.45, 2.75) is 189 Å². The number of carbonyl (C=O) groups excluding carboxylic acids is 13. The zero-order chi connectivity index (χ0) is 88.4. The van der Waals surface area contributed by atoms with E-state index in [1.165, 1.54) is 83.6 Å². The second kappa shape index (κ2) is 44.5. The Morgan fingerprint density at radius 1 is 0.590 bits per heavy atom. The summed E-state index contributed by atoms with van der Waals surface area (Å²) in [7, 11) is 5.04. The molecule has 0 spiro atoms. The number of hydrogen-bond donors (Lipinski definition) is 16. The molecule has 7 aromatic rings. The first-order valence-corrected chi connectivity index (χ1v) is 40.9. The minimum absolute atomic E-state index is 0.0654. The number of amides is 13. The highest BCUT2D eigenvalue weighted by Gasteiger charge is 2.46. The summed E-state index contributed by atoms with van der Waals surface area (Å²) in [4.78, 5) is 217. The average Bonchev–Trinajstić information content (AvgIpc) is 1.56. The first-order valence-electron chi connectivity index (χ1n) is 40.9. The molecule has 654 valence electrons. The Bertz CT molecular complexity index is 4850. The molecule has 1 aliphatic carbocycles. The van der Waals surface area contributed by atoms with Crippen LogP contribution in [0, 0.1) is 11.7 Å².